The molecule has 2 unspecified atom stereocenters. The number of alkyl halides is 3. The molecule has 0 bridgehead atoms. The van der Waals surface area contributed by atoms with E-state index in [2.05, 4.69) is 26.0 Å². The van der Waals surface area contributed by atoms with Gasteiger partial charge in [0.15, 0.2) is 0 Å². The van der Waals surface area contributed by atoms with Crippen LogP contribution in [-0.2, 0) is 6.54 Å². The molecule has 0 amide bonds. The fourth-order valence-corrected chi connectivity index (χ4v) is 2.26. The van der Waals surface area contributed by atoms with E-state index in [0.717, 1.165) is 5.56 Å². The van der Waals surface area contributed by atoms with Gasteiger partial charge in [0.25, 0.3) is 0 Å². The van der Waals surface area contributed by atoms with Gasteiger partial charge < -0.3 is 15.2 Å². The summed E-state index contributed by atoms with van der Waals surface area (Å²) in [5.41, 5.74) is 0.823. The summed E-state index contributed by atoms with van der Waals surface area (Å²) in [6, 6.07) is 4.52. The topological polar surface area (TPSA) is 41.5 Å². The normalized spacial score (nSPS) is 14.9. The van der Waals surface area contributed by atoms with Gasteiger partial charge in [-0.3, -0.25) is 0 Å². The molecule has 0 saturated heterocycles. The van der Waals surface area contributed by atoms with Crippen LogP contribution < -0.4 is 10.1 Å². The second-order valence-electron chi connectivity index (χ2n) is 4.68. The minimum atomic E-state index is -4.70. The fraction of sp³-hybridized carbons (Fsp3) is 0.538. The van der Waals surface area contributed by atoms with E-state index in [0.29, 0.717) is 13.0 Å². The summed E-state index contributed by atoms with van der Waals surface area (Å²) in [5, 5.41) is 12.4. The van der Waals surface area contributed by atoms with Crippen LogP contribution >= 0.6 is 15.9 Å². The van der Waals surface area contributed by atoms with Crippen molar-refractivity contribution in [2.24, 2.45) is 0 Å². The quantitative estimate of drug-likeness (QED) is 0.819. The molecule has 20 heavy (non-hydrogen) atoms. The first-order valence-corrected chi connectivity index (χ1v) is 6.92. The van der Waals surface area contributed by atoms with Gasteiger partial charge in [-0.1, -0.05) is 6.07 Å². The van der Waals surface area contributed by atoms with Gasteiger partial charge in [0.1, 0.15) is 5.75 Å². The van der Waals surface area contributed by atoms with Crippen LogP contribution in [0.1, 0.15) is 25.8 Å². The lowest BCUT2D eigenvalue weighted by Gasteiger charge is -2.16. The Morgan fingerprint density at radius 1 is 1.35 bits per heavy atom. The molecule has 1 aromatic rings. The lowest BCUT2D eigenvalue weighted by molar-refractivity contribution is -0.274. The zero-order valence-electron chi connectivity index (χ0n) is 11.2. The van der Waals surface area contributed by atoms with Gasteiger partial charge in [-0.15, -0.1) is 13.2 Å². The van der Waals surface area contributed by atoms with Gasteiger partial charge in [-0.05, 0) is 53.9 Å². The molecule has 0 aliphatic heterocycles. The van der Waals surface area contributed by atoms with E-state index >= 15 is 0 Å². The summed E-state index contributed by atoms with van der Waals surface area (Å²) in [6.07, 6.45) is -4.49. The second-order valence-corrected chi connectivity index (χ2v) is 5.53. The Kier molecular flexibility index (Phi) is 6.29. The Labute approximate surface area is 124 Å². The maximum atomic E-state index is 12.1. The van der Waals surface area contributed by atoms with E-state index in [1.807, 2.05) is 6.92 Å². The molecule has 0 aromatic heterocycles. The van der Waals surface area contributed by atoms with E-state index in [9.17, 15) is 18.3 Å². The molecule has 0 aliphatic rings. The van der Waals surface area contributed by atoms with Gasteiger partial charge >= 0.3 is 6.36 Å². The van der Waals surface area contributed by atoms with Crippen LogP contribution in [0.4, 0.5) is 13.2 Å². The van der Waals surface area contributed by atoms with Crippen molar-refractivity contribution in [1.82, 2.24) is 5.32 Å². The van der Waals surface area contributed by atoms with Gasteiger partial charge in [-0.25, -0.2) is 0 Å². The van der Waals surface area contributed by atoms with E-state index in [1.165, 1.54) is 6.07 Å². The van der Waals surface area contributed by atoms with Crippen LogP contribution in [0.15, 0.2) is 22.7 Å². The van der Waals surface area contributed by atoms with Gasteiger partial charge in [0, 0.05) is 12.6 Å². The van der Waals surface area contributed by atoms with Gasteiger partial charge in [0.2, 0.25) is 0 Å². The van der Waals surface area contributed by atoms with Crippen LogP contribution in [0.3, 0.4) is 0 Å². The standard InChI is InChI=1S/C13H17BrF3NO2/c1-8(5-9(2)19)18-7-10-3-4-12(11(14)6-10)20-13(15,16)17/h3-4,6,8-9,18-19H,5,7H2,1-2H3. The third-order valence-corrected chi connectivity index (χ3v) is 3.19. The highest BCUT2D eigenvalue weighted by atomic mass is 79.9. The minimum Gasteiger partial charge on any atom is -0.405 e. The summed E-state index contributed by atoms with van der Waals surface area (Å²) in [7, 11) is 0. The summed E-state index contributed by atoms with van der Waals surface area (Å²) < 4.78 is 40.5. The predicted octanol–water partition coefficient (Wildman–Crippen LogP) is 3.60. The average Bonchev–Trinajstić information content (AvgIpc) is 2.27. The predicted molar refractivity (Wildman–Crippen MR) is 73.4 cm³/mol. The third kappa shape index (κ3) is 6.58. The maximum absolute atomic E-state index is 12.1. The lowest BCUT2D eigenvalue weighted by atomic mass is 10.1. The Morgan fingerprint density at radius 2 is 2.00 bits per heavy atom. The summed E-state index contributed by atoms with van der Waals surface area (Å²) in [4.78, 5) is 0. The molecule has 7 heteroatoms. The average molecular weight is 356 g/mol. The molecule has 1 rings (SSSR count). The van der Waals surface area contributed by atoms with E-state index in [1.54, 1.807) is 19.1 Å². The second kappa shape index (κ2) is 7.28. The van der Waals surface area contributed by atoms with Crippen LogP contribution in [0.5, 0.6) is 5.75 Å². The van der Waals surface area contributed by atoms with Crippen molar-refractivity contribution >= 4 is 15.9 Å². The highest BCUT2D eigenvalue weighted by Crippen LogP contribution is 2.31. The number of ether oxygens (including phenoxy) is 1. The van der Waals surface area contributed by atoms with Gasteiger partial charge in [0.05, 0.1) is 10.6 Å². The Hall–Kier alpha value is -0.790. The molecular weight excluding hydrogens is 339 g/mol. The van der Waals surface area contributed by atoms with E-state index in [4.69, 9.17) is 0 Å². The Balaban J connectivity index is 2.59. The van der Waals surface area contributed by atoms with Crippen LogP contribution in [-0.4, -0.2) is 23.6 Å². The lowest BCUT2D eigenvalue weighted by Crippen LogP contribution is -2.28. The molecule has 0 fully saturated rings. The molecule has 1 aromatic carbocycles. The van der Waals surface area contributed by atoms with Crippen molar-refractivity contribution in [2.45, 2.75) is 45.3 Å². The number of rotatable bonds is 6. The molecule has 0 spiro atoms. The van der Waals surface area contributed by atoms with E-state index < -0.39 is 12.5 Å². The highest BCUT2D eigenvalue weighted by Gasteiger charge is 2.31. The van der Waals surface area contributed by atoms with Gasteiger partial charge in [-0.2, -0.15) is 0 Å². The van der Waals surface area contributed by atoms with Crippen molar-refractivity contribution in [3.63, 3.8) is 0 Å². The first-order valence-electron chi connectivity index (χ1n) is 6.13. The number of aliphatic hydroxyl groups is 1. The highest BCUT2D eigenvalue weighted by molar-refractivity contribution is 9.10. The molecule has 0 aliphatic carbocycles. The SMILES string of the molecule is CC(O)CC(C)NCc1ccc(OC(F)(F)F)c(Br)c1. The molecule has 2 atom stereocenters. The number of aliphatic hydroxyl groups excluding tert-OH is 1. The third-order valence-electron chi connectivity index (χ3n) is 2.57. The van der Waals surface area contributed by atoms with Crippen molar-refractivity contribution in [1.29, 1.82) is 0 Å². The molecule has 0 radical (unpaired) electrons. The summed E-state index contributed by atoms with van der Waals surface area (Å²) >= 11 is 3.05. The fourth-order valence-electron chi connectivity index (χ4n) is 1.75. The molecule has 2 N–H and O–H groups in total. The summed E-state index contributed by atoms with van der Waals surface area (Å²) in [5.74, 6) is -0.265. The maximum Gasteiger partial charge on any atom is 0.573 e. The zero-order valence-corrected chi connectivity index (χ0v) is 12.8. The minimum absolute atomic E-state index is 0.111. The monoisotopic (exact) mass is 355 g/mol. The van der Waals surface area contributed by atoms with Crippen LogP contribution in [0, 0.1) is 0 Å². The smallest absolute Gasteiger partial charge is 0.405 e. The Morgan fingerprint density at radius 3 is 2.50 bits per heavy atom. The van der Waals surface area contributed by atoms with Crippen LogP contribution in [0.25, 0.3) is 0 Å². The van der Waals surface area contributed by atoms with Crippen molar-refractivity contribution in [2.75, 3.05) is 0 Å². The molecular formula is C13H17BrF3NO2. The van der Waals surface area contributed by atoms with Crippen LogP contribution in [0.2, 0.25) is 0 Å². The van der Waals surface area contributed by atoms with E-state index in [-0.39, 0.29) is 16.3 Å². The number of benzene rings is 1. The molecule has 0 saturated carbocycles. The largest absolute Gasteiger partial charge is 0.573 e. The first kappa shape index (κ1) is 17.3. The molecule has 0 heterocycles. The number of hydrogen-bond acceptors (Lipinski definition) is 3. The molecule has 3 nitrogen and oxygen atoms in total. The van der Waals surface area contributed by atoms with Crippen molar-refractivity contribution < 1.29 is 23.0 Å². The van der Waals surface area contributed by atoms with Crippen molar-refractivity contribution in [3.05, 3.63) is 28.2 Å². The van der Waals surface area contributed by atoms with Crippen molar-refractivity contribution in [3.8, 4) is 5.75 Å². The number of halogens is 4. The zero-order chi connectivity index (χ0) is 15.3. The molecule has 114 valence electrons. The summed E-state index contributed by atoms with van der Waals surface area (Å²) in [6.45, 7) is 4.14. The number of hydrogen-bond donors (Lipinski definition) is 2. The Bertz CT molecular complexity index is 438. The number of nitrogens with one attached hydrogen (secondary N) is 1. The first-order chi connectivity index (χ1) is 9.17.